The van der Waals surface area contributed by atoms with Crippen molar-refractivity contribution < 1.29 is 4.79 Å². The largest absolute Gasteiger partial charge is 0.313 e. The number of ketones is 1. The van der Waals surface area contributed by atoms with E-state index in [2.05, 4.69) is 5.32 Å². The highest BCUT2D eigenvalue weighted by Gasteiger charge is 2.10. The summed E-state index contributed by atoms with van der Waals surface area (Å²) in [6.45, 7) is 3.64. The van der Waals surface area contributed by atoms with Gasteiger partial charge in [-0.05, 0) is 26.5 Å². The van der Waals surface area contributed by atoms with Crippen LogP contribution in [0.25, 0.3) is 0 Å². The molecule has 0 saturated carbocycles. The van der Waals surface area contributed by atoms with Crippen molar-refractivity contribution in [3.63, 3.8) is 0 Å². The minimum atomic E-state index is 0.123. The summed E-state index contributed by atoms with van der Waals surface area (Å²) in [7, 11) is 1.89. The summed E-state index contributed by atoms with van der Waals surface area (Å²) < 4.78 is 0. The second-order valence-electron chi connectivity index (χ2n) is 3.15. The highest BCUT2D eigenvalue weighted by atomic mass is 16.1. The number of hydrogen-bond acceptors (Lipinski definition) is 2. The second kappa shape index (κ2) is 4.19. The molecule has 0 amide bonds. The Morgan fingerprint density at radius 2 is 2.00 bits per heavy atom. The third-order valence-corrected chi connectivity index (χ3v) is 2.24. The van der Waals surface area contributed by atoms with E-state index in [9.17, 15) is 4.79 Å². The fraction of sp³-hybridized carbons (Fsp3) is 0.364. The van der Waals surface area contributed by atoms with Crippen LogP contribution < -0.4 is 5.32 Å². The van der Waals surface area contributed by atoms with E-state index < -0.39 is 0 Å². The molecule has 0 aliphatic heterocycles. The number of rotatable bonds is 3. The van der Waals surface area contributed by atoms with E-state index >= 15 is 0 Å². The van der Waals surface area contributed by atoms with Gasteiger partial charge in [-0.3, -0.25) is 4.79 Å². The molecule has 1 aromatic carbocycles. The van der Waals surface area contributed by atoms with Crippen LogP contribution in [0, 0.1) is 0 Å². The van der Waals surface area contributed by atoms with Crippen molar-refractivity contribution in [2.24, 2.45) is 0 Å². The van der Waals surface area contributed by atoms with Crippen molar-refractivity contribution in [1.29, 1.82) is 0 Å². The van der Waals surface area contributed by atoms with E-state index in [1.165, 1.54) is 0 Å². The van der Waals surface area contributed by atoms with Gasteiger partial charge in [0.1, 0.15) is 0 Å². The van der Waals surface area contributed by atoms with Gasteiger partial charge in [0, 0.05) is 11.6 Å². The standard InChI is InChI=1S/C11H15NO/c1-8(12-3)10-6-4-5-7-11(10)9(2)13/h4-8,12H,1-3H3/t8-/m0/s1. The molecule has 1 rings (SSSR count). The van der Waals surface area contributed by atoms with E-state index in [1.807, 2.05) is 38.2 Å². The molecule has 1 N–H and O–H groups in total. The Labute approximate surface area is 79.0 Å². The topological polar surface area (TPSA) is 29.1 Å². The maximum Gasteiger partial charge on any atom is 0.160 e. The van der Waals surface area contributed by atoms with E-state index in [-0.39, 0.29) is 11.8 Å². The van der Waals surface area contributed by atoms with Crippen LogP contribution >= 0.6 is 0 Å². The molecular weight excluding hydrogens is 162 g/mol. The normalized spacial score (nSPS) is 12.5. The Bertz CT molecular complexity index is 307. The first kappa shape index (κ1) is 9.93. The fourth-order valence-electron chi connectivity index (χ4n) is 1.35. The van der Waals surface area contributed by atoms with Crippen molar-refractivity contribution in [2.75, 3.05) is 7.05 Å². The minimum absolute atomic E-state index is 0.123. The molecule has 0 radical (unpaired) electrons. The van der Waals surface area contributed by atoms with Crippen LogP contribution in [0.2, 0.25) is 0 Å². The predicted octanol–water partition coefficient (Wildman–Crippen LogP) is 2.17. The van der Waals surface area contributed by atoms with Gasteiger partial charge >= 0.3 is 0 Å². The Kier molecular flexibility index (Phi) is 3.20. The molecule has 0 aromatic heterocycles. The average Bonchev–Trinajstić information content (AvgIpc) is 2.16. The number of carbonyl (C=O) groups excluding carboxylic acids is 1. The summed E-state index contributed by atoms with van der Waals surface area (Å²) in [6.07, 6.45) is 0. The summed E-state index contributed by atoms with van der Waals surface area (Å²) in [4.78, 5) is 11.3. The third-order valence-electron chi connectivity index (χ3n) is 2.24. The molecule has 13 heavy (non-hydrogen) atoms. The number of nitrogens with one attached hydrogen (secondary N) is 1. The van der Waals surface area contributed by atoms with Crippen LogP contribution in [0.1, 0.15) is 35.8 Å². The van der Waals surface area contributed by atoms with Crippen LogP contribution in [0.3, 0.4) is 0 Å². The van der Waals surface area contributed by atoms with E-state index in [1.54, 1.807) is 6.92 Å². The lowest BCUT2D eigenvalue weighted by molar-refractivity contribution is 0.101. The SMILES string of the molecule is CN[C@@H](C)c1ccccc1C(C)=O. The molecule has 0 aliphatic rings. The summed E-state index contributed by atoms with van der Waals surface area (Å²) in [5.41, 5.74) is 1.88. The fourth-order valence-corrected chi connectivity index (χ4v) is 1.35. The lowest BCUT2D eigenvalue weighted by Crippen LogP contribution is -2.15. The van der Waals surface area contributed by atoms with Crippen LogP contribution in [0.5, 0.6) is 0 Å². The zero-order valence-corrected chi connectivity index (χ0v) is 8.29. The van der Waals surface area contributed by atoms with Gasteiger partial charge in [0.15, 0.2) is 5.78 Å². The lowest BCUT2D eigenvalue weighted by atomic mass is 9.99. The number of hydrogen-bond donors (Lipinski definition) is 1. The molecule has 70 valence electrons. The molecule has 0 spiro atoms. The van der Waals surface area contributed by atoms with Crippen LogP contribution in [0.15, 0.2) is 24.3 Å². The molecule has 0 unspecified atom stereocenters. The molecular formula is C11H15NO. The van der Waals surface area contributed by atoms with Gasteiger partial charge in [0.05, 0.1) is 0 Å². The van der Waals surface area contributed by atoms with Gasteiger partial charge in [-0.25, -0.2) is 0 Å². The number of carbonyl (C=O) groups is 1. The van der Waals surface area contributed by atoms with Crippen LogP contribution in [-0.4, -0.2) is 12.8 Å². The number of benzene rings is 1. The Balaban J connectivity index is 3.11. The Morgan fingerprint density at radius 1 is 1.38 bits per heavy atom. The second-order valence-corrected chi connectivity index (χ2v) is 3.15. The van der Waals surface area contributed by atoms with Gasteiger partial charge in [-0.15, -0.1) is 0 Å². The highest BCUT2D eigenvalue weighted by molar-refractivity contribution is 5.95. The molecule has 2 heteroatoms. The summed E-state index contributed by atoms with van der Waals surface area (Å²) in [6, 6.07) is 7.92. The first-order valence-electron chi connectivity index (χ1n) is 4.44. The molecule has 1 aromatic rings. The lowest BCUT2D eigenvalue weighted by Gasteiger charge is -2.13. The molecule has 0 heterocycles. The highest BCUT2D eigenvalue weighted by Crippen LogP contribution is 2.17. The summed E-state index contributed by atoms with van der Waals surface area (Å²) >= 11 is 0. The Hall–Kier alpha value is -1.15. The van der Waals surface area contributed by atoms with Crippen molar-refractivity contribution in [2.45, 2.75) is 19.9 Å². The first-order valence-corrected chi connectivity index (χ1v) is 4.44. The smallest absolute Gasteiger partial charge is 0.160 e. The third kappa shape index (κ3) is 2.16. The molecule has 1 atom stereocenters. The van der Waals surface area contributed by atoms with Gasteiger partial charge in [-0.2, -0.15) is 0 Å². The first-order chi connectivity index (χ1) is 6.16. The maximum absolute atomic E-state index is 11.3. The van der Waals surface area contributed by atoms with Crippen LogP contribution in [0.4, 0.5) is 0 Å². The maximum atomic E-state index is 11.3. The predicted molar refractivity (Wildman–Crippen MR) is 53.9 cm³/mol. The molecule has 0 bridgehead atoms. The van der Waals surface area contributed by atoms with Crippen molar-refractivity contribution in [1.82, 2.24) is 5.32 Å². The van der Waals surface area contributed by atoms with Gasteiger partial charge in [0.25, 0.3) is 0 Å². The summed E-state index contributed by atoms with van der Waals surface area (Å²) in [5.74, 6) is 0.123. The van der Waals surface area contributed by atoms with Gasteiger partial charge in [-0.1, -0.05) is 24.3 Å². The molecule has 0 aliphatic carbocycles. The average molecular weight is 177 g/mol. The zero-order chi connectivity index (χ0) is 9.84. The van der Waals surface area contributed by atoms with E-state index in [0.717, 1.165) is 11.1 Å². The van der Waals surface area contributed by atoms with Gasteiger partial charge in [0.2, 0.25) is 0 Å². The van der Waals surface area contributed by atoms with Crippen LogP contribution in [-0.2, 0) is 0 Å². The van der Waals surface area contributed by atoms with Crippen molar-refractivity contribution in [3.8, 4) is 0 Å². The van der Waals surface area contributed by atoms with Crippen molar-refractivity contribution >= 4 is 5.78 Å². The van der Waals surface area contributed by atoms with E-state index in [0.29, 0.717) is 0 Å². The molecule has 0 fully saturated rings. The quantitative estimate of drug-likeness (QED) is 0.717. The monoisotopic (exact) mass is 177 g/mol. The zero-order valence-electron chi connectivity index (χ0n) is 8.29. The van der Waals surface area contributed by atoms with E-state index in [4.69, 9.17) is 0 Å². The molecule has 2 nitrogen and oxygen atoms in total. The number of Topliss-reactive ketones (excluding diaryl/α,β-unsaturated/α-hetero) is 1. The molecule has 0 saturated heterocycles. The summed E-state index contributed by atoms with van der Waals surface area (Å²) in [5, 5.41) is 3.12. The minimum Gasteiger partial charge on any atom is -0.313 e. The van der Waals surface area contributed by atoms with Gasteiger partial charge < -0.3 is 5.32 Å². The Morgan fingerprint density at radius 3 is 2.54 bits per heavy atom. The van der Waals surface area contributed by atoms with Crippen molar-refractivity contribution in [3.05, 3.63) is 35.4 Å².